The Balaban J connectivity index is 1.55. The fourth-order valence-corrected chi connectivity index (χ4v) is 4.23. The Labute approximate surface area is 225 Å². The number of hydrazine groups is 1. The molecule has 1 aliphatic heterocycles. The Hall–Kier alpha value is -4.39. The number of halogens is 1. The number of hydrogen-bond donors (Lipinski definition) is 7. The van der Waals surface area contributed by atoms with Crippen molar-refractivity contribution in [2.24, 2.45) is 21.6 Å². The van der Waals surface area contributed by atoms with E-state index in [9.17, 15) is 14.3 Å². The number of carbonyl (C=O) groups is 1. The van der Waals surface area contributed by atoms with Gasteiger partial charge in [0.15, 0.2) is 11.8 Å². The Morgan fingerprint density at radius 3 is 2.79 bits per heavy atom. The van der Waals surface area contributed by atoms with Gasteiger partial charge >= 0.3 is 0 Å². The number of benzene rings is 2. The van der Waals surface area contributed by atoms with Gasteiger partial charge in [-0.1, -0.05) is 36.9 Å². The average molecular weight is 534 g/mol. The van der Waals surface area contributed by atoms with Crippen molar-refractivity contribution < 1.29 is 14.3 Å². The van der Waals surface area contributed by atoms with E-state index in [2.05, 4.69) is 48.3 Å². The number of anilines is 1. The number of guanidine groups is 2. The highest BCUT2D eigenvalue weighted by Gasteiger charge is 2.24. The first-order valence-corrected chi connectivity index (χ1v) is 12.4. The van der Waals surface area contributed by atoms with Gasteiger partial charge in [-0.2, -0.15) is 0 Å². The Morgan fingerprint density at radius 2 is 2.05 bits per heavy atom. The molecule has 204 valence electrons. The zero-order valence-corrected chi connectivity index (χ0v) is 21.5. The first-order chi connectivity index (χ1) is 18.9. The number of nitrogens with zero attached hydrogens (tertiary/aromatic N) is 3. The number of amides is 1. The van der Waals surface area contributed by atoms with Gasteiger partial charge in [0, 0.05) is 55.4 Å². The van der Waals surface area contributed by atoms with Crippen LogP contribution >= 0.6 is 0 Å². The molecule has 0 saturated carbocycles. The summed E-state index contributed by atoms with van der Waals surface area (Å²) < 4.78 is 13.1. The van der Waals surface area contributed by atoms with Crippen LogP contribution in [0.15, 0.2) is 77.1 Å². The molecule has 0 unspecified atom stereocenters. The molecule has 0 aliphatic carbocycles. The zero-order valence-electron chi connectivity index (χ0n) is 21.5. The SMILES string of the molecule is C=C(F)C(=O)Nc1ccc2c(-c3ccccc3CN=C(NNC)NC(N)=NC[C@H]3CNC[C@@H]3O)nccc2c1. The van der Waals surface area contributed by atoms with Crippen molar-refractivity contribution in [1.82, 2.24) is 26.5 Å². The van der Waals surface area contributed by atoms with Crippen molar-refractivity contribution >= 4 is 34.3 Å². The van der Waals surface area contributed by atoms with Gasteiger partial charge in [0.05, 0.1) is 18.3 Å². The Kier molecular flexibility index (Phi) is 9.15. The maximum absolute atomic E-state index is 13.1. The number of pyridine rings is 1. The molecule has 1 saturated heterocycles. The fourth-order valence-electron chi connectivity index (χ4n) is 4.23. The quantitative estimate of drug-likeness (QED) is 0.0989. The van der Waals surface area contributed by atoms with E-state index in [1.54, 1.807) is 25.4 Å². The van der Waals surface area contributed by atoms with E-state index in [1.165, 1.54) is 0 Å². The zero-order chi connectivity index (χ0) is 27.8. The van der Waals surface area contributed by atoms with Gasteiger partial charge in [-0.3, -0.25) is 25.5 Å². The fraction of sp³-hybridized carbons (Fsp3) is 0.259. The molecule has 0 bridgehead atoms. The third kappa shape index (κ3) is 7.13. The molecule has 2 heterocycles. The summed E-state index contributed by atoms with van der Waals surface area (Å²) in [5.74, 6) is -1.37. The number of aliphatic hydroxyl groups is 1. The van der Waals surface area contributed by atoms with Gasteiger partial charge in [-0.05, 0) is 29.1 Å². The van der Waals surface area contributed by atoms with E-state index in [1.807, 2.05) is 36.4 Å². The van der Waals surface area contributed by atoms with Crippen LogP contribution in [0.4, 0.5) is 10.1 Å². The molecule has 12 heteroatoms. The summed E-state index contributed by atoms with van der Waals surface area (Å²) in [6.45, 7) is 4.96. The number of aliphatic imine (C=N–C) groups is 2. The van der Waals surface area contributed by atoms with E-state index in [4.69, 9.17) is 5.73 Å². The number of rotatable bonds is 8. The molecule has 1 amide bonds. The van der Waals surface area contributed by atoms with Gasteiger partial charge in [-0.15, -0.1) is 0 Å². The lowest BCUT2D eigenvalue weighted by Gasteiger charge is -2.14. The molecule has 3 aromatic rings. The number of aliphatic hydroxyl groups excluding tert-OH is 1. The van der Waals surface area contributed by atoms with Gasteiger partial charge in [0.2, 0.25) is 5.96 Å². The number of carbonyl (C=O) groups excluding carboxylic acids is 1. The van der Waals surface area contributed by atoms with Crippen LogP contribution in [0, 0.1) is 5.92 Å². The van der Waals surface area contributed by atoms with E-state index in [0.29, 0.717) is 37.8 Å². The van der Waals surface area contributed by atoms with Crippen molar-refractivity contribution in [1.29, 1.82) is 0 Å². The third-order valence-corrected chi connectivity index (χ3v) is 6.24. The molecule has 2 atom stereocenters. The monoisotopic (exact) mass is 533 g/mol. The van der Waals surface area contributed by atoms with Crippen LogP contribution in [0.25, 0.3) is 22.0 Å². The molecule has 0 radical (unpaired) electrons. The normalized spacial score (nSPS) is 17.7. The highest BCUT2D eigenvalue weighted by molar-refractivity contribution is 6.04. The predicted molar refractivity (Wildman–Crippen MR) is 151 cm³/mol. The second-order valence-corrected chi connectivity index (χ2v) is 8.99. The average Bonchev–Trinajstić information content (AvgIpc) is 3.34. The molecule has 1 aromatic heterocycles. The summed E-state index contributed by atoms with van der Waals surface area (Å²) in [5, 5.41) is 20.2. The highest BCUT2D eigenvalue weighted by Crippen LogP contribution is 2.31. The van der Waals surface area contributed by atoms with Gasteiger partial charge in [-0.25, -0.2) is 14.8 Å². The summed E-state index contributed by atoms with van der Waals surface area (Å²) in [4.78, 5) is 25.3. The van der Waals surface area contributed by atoms with E-state index >= 15 is 0 Å². The number of fused-ring (bicyclic) bond motifs is 1. The number of nitrogens with one attached hydrogen (secondary N) is 5. The third-order valence-electron chi connectivity index (χ3n) is 6.24. The minimum atomic E-state index is -1.06. The van der Waals surface area contributed by atoms with Crippen molar-refractivity contribution in [2.75, 3.05) is 32.0 Å². The second kappa shape index (κ2) is 12.9. The highest BCUT2D eigenvalue weighted by atomic mass is 19.1. The van der Waals surface area contributed by atoms with Crippen LogP contribution in [0.2, 0.25) is 0 Å². The summed E-state index contributed by atoms with van der Waals surface area (Å²) in [7, 11) is 1.71. The number of β-amino-alcohol motifs (C(OH)–C–C–N with tert-alkyl or cyclic N) is 1. The minimum Gasteiger partial charge on any atom is -0.391 e. The number of nitrogens with two attached hydrogens (primary N) is 1. The van der Waals surface area contributed by atoms with E-state index < -0.39 is 17.8 Å². The lowest BCUT2D eigenvalue weighted by atomic mass is 9.99. The standard InChI is InChI=1S/C27H32FN9O2/c1-16(28)25(39)35-20-7-8-22-17(11-20)9-10-32-24(22)21-6-4-3-5-18(21)13-34-27(37-30-2)36-26(29)33-14-19-12-31-15-23(19)38/h3-11,19,23,30-31,38H,1,12-15H2,2H3,(H,35,39)(H4,29,33,34,36,37)/t19-,23+/m1/s1. The topological polar surface area (TPSA) is 161 Å². The first-order valence-electron chi connectivity index (χ1n) is 12.4. The number of hydrogen-bond acceptors (Lipinski definition) is 7. The van der Waals surface area contributed by atoms with Crippen LogP contribution in [-0.2, 0) is 11.3 Å². The molecular formula is C27H32FN9O2. The molecule has 11 nitrogen and oxygen atoms in total. The van der Waals surface area contributed by atoms with Gasteiger partial charge < -0.3 is 21.5 Å². The van der Waals surface area contributed by atoms with Crippen molar-refractivity contribution in [2.45, 2.75) is 12.6 Å². The molecule has 2 aromatic carbocycles. The van der Waals surface area contributed by atoms with E-state index in [-0.39, 0.29) is 11.9 Å². The van der Waals surface area contributed by atoms with Crippen LogP contribution in [0.5, 0.6) is 0 Å². The Morgan fingerprint density at radius 1 is 1.23 bits per heavy atom. The second-order valence-electron chi connectivity index (χ2n) is 8.99. The lowest BCUT2D eigenvalue weighted by molar-refractivity contribution is -0.114. The summed E-state index contributed by atoms with van der Waals surface area (Å²) in [6, 6.07) is 14.9. The van der Waals surface area contributed by atoms with Gasteiger partial charge in [0.25, 0.3) is 5.91 Å². The number of aromatic nitrogens is 1. The van der Waals surface area contributed by atoms with Crippen LogP contribution in [0.3, 0.4) is 0 Å². The first kappa shape index (κ1) is 27.6. The molecule has 0 spiro atoms. The van der Waals surface area contributed by atoms with Gasteiger partial charge in [0.1, 0.15) is 0 Å². The molecular weight excluding hydrogens is 501 g/mol. The molecule has 4 rings (SSSR count). The van der Waals surface area contributed by atoms with E-state index in [0.717, 1.165) is 27.6 Å². The largest absolute Gasteiger partial charge is 0.391 e. The van der Waals surface area contributed by atoms with Crippen LogP contribution in [0.1, 0.15) is 5.56 Å². The minimum absolute atomic E-state index is 0.0126. The Bertz CT molecular complexity index is 1410. The van der Waals surface area contributed by atoms with Crippen molar-refractivity contribution in [3.05, 3.63) is 72.7 Å². The maximum atomic E-state index is 13.1. The summed E-state index contributed by atoms with van der Waals surface area (Å²) >= 11 is 0. The summed E-state index contributed by atoms with van der Waals surface area (Å²) in [5.41, 5.74) is 14.8. The lowest BCUT2D eigenvalue weighted by Crippen LogP contribution is -2.49. The molecule has 39 heavy (non-hydrogen) atoms. The van der Waals surface area contributed by atoms with Crippen molar-refractivity contribution in [3.63, 3.8) is 0 Å². The molecule has 8 N–H and O–H groups in total. The van der Waals surface area contributed by atoms with Crippen LogP contribution < -0.4 is 32.5 Å². The predicted octanol–water partition coefficient (Wildman–Crippen LogP) is 1.39. The van der Waals surface area contributed by atoms with Crippen molar-refractivity contribution in [3.8, 4) is 11.3 Å². The summed E-state index contributed by atoms with van der Waals surface area (Å²) in [6.07, 6.45) is 1.24. The van der Waals surface area contributed by atoms with Crippen LogP contribution in [-0.4, -0.2) is 60.7 Å². The smallest absolute Gasteiger partial charge is 0.283 e. The molecule has 1 aliphatic rings. The maximum Gasteiger partial charge on any atom is 0.283 e. The molecule has 1 fully saturated rings.